The van der Waals surface area contributed by atoms with Gasteiger partial charge in [0.15, 0.2) is 0 Å². The molecular formula is C16H28N2O. The van der Waals surface area contributed by atoms with E-state index in [2.05, 4.69) is 48.5 Å². The van der Waals surface area contributed by atoms with Crippen LogP contribution in [0.4, 0.5) is 0 Å². The minimum atomic E-state index is 0.799. The number of hydrogen-bond donors (Lipinski definition) is 1. The summed E-state index contributed by atoms with van der Waals surface area (Å²) in [5, 5.41) is 3.38. The van der Waals surface area contributed by atoms with Crippen LogP contribution in [0.15, 0.2) is 24.3 Å². The Kier molecular flexibility index (Phi) is 8.47. The van der Waals surface area contributed by atoms with E-state index in [0.29, 0.717) is 0 Å². The van der Waals surface area contributed by atoms with Gasteiger partial charge < -0.3 is 15.0 Å². The molecule has 1 rings (SSSR count). The summed E-state index contributed by atoms with van der Waals surface area (Å²) in [7, 11) is 3.94. The highest BCUT2D eigenvalue weighted by molar-refractivity contribution is 5.25. The monoisotopic (exact) mass is 264 g/mol. The van der Waals surface area contributed by atoms with Crippen LogP contribution in [-0.4, -0.2) is 45.3 Å². The predicted molar refractivity (Wildman–Crippen MR) is 81.5 cm³/mol. The summed E-state index contributed by atoms with van der Waals surface area (Å²) in [6.07, 6.45) is 2.46. The Morgan fingerprint density at radius 3 is 2.68 bits per heavy atom. The van der Waals surface area contributed by atoms with E-state index >= 15 is 0 Å². The molecule has 19 heavy (non-hydrogen) atoms. The molecule has 3 heteroatoms. The average molecular weight is 264 g/mol. The summed E-state index contributed by atoms with van der Waals surface area (Å²) >= 11 is 0. The lowest BCUT2D eigenvalue weighted by molar-refractivity contribution is 0.199. The standard InChI is InChI=1S/C16H28N2O/c1-15-8-4-5-9-16(15)14-18(2)12-7-6-10-17-11-13-19-3/h4-5,8-9,17H,6-7,10-14H2,1-3H3. The molecule has 0 spiro atoms. The Bertz CT molecular complexity index is 341. The zero-order chi connectivity index (χ0) is 13.9. The third-order valence-corrected chi connectivity index (χ3v) is 3.33. The van der Waals surface area contributed by atoms with Crippen molar-refractivity contribution < 1.29 is 4.74 Å². The van der Waals surface area contributed by atoms with Gasteiger partial charge in [0.1, 0.15) is 0 Å². The molecule has 3 nitrogen and oxygen atoms in total. The molecule has 1 aromatic carbocycles. The lowest BCUT2D eigenvalue weighted by atomic mass is 10.1. The van der Waals surface area contributed by atoms with E-state index in [1.165, 1.54) is 24.0 Å². The molecule has 0 radical (unpaired) electrons. The predicted octanol–water partition coefficient (Wildman–Crippen LogP) is 2.44. The van der Waals surface area contributed by atoms with Crippen LogP contribution in [0.2, 0.25) is 0 Å². The molecular weight excluding hydrogens is 236 g/mol. The van der Waals surface area contributed by atoms with Crippen molar-refractivity contribution in [3.63, 3.8) is 0 Å². The van der Waals surface area contributed by atoms with Crippen molar-refractivity contribution >= 4 is 0 Å². The maximum atomic E-state index is 4.99. The molecule has 1 aromatic rings. The van der Waals surface area contributed by atoms with Gasteiger partial charge in [0.25, 0.3) is 0 Å². The first-order valence-electron chi connectivity index (χ1n) is 7.16. The third-order valence-electron chi connectivity index (χ3n) is 3.33. The van der Waals surface area contributed by atoms with Crippen LogP contribution in [0.3, 0.4) is 0 Å². The van der Waals surface area contributed by atoms with E-state index in [1.54, 1.807) is 7.11 Å². The van der Waals surface area contributed by atoms with Gasteiger partial charge in [-0.1, -0.05) is 24.3 Å². The highest BCUT2D eigenvalue weighted by Crippen LogP contribution is 2.09. The molecule has 0 saturated heterocycles. The number of nitrogens with zero attached hydrogens (tertiary/aromatic N) is 1. The summed E-state index contributed by atoms with van der Waals surface area (Å²) in [6, 6.07) is 8.63. The number of methoxy groups -OCH3 is 1. The van der Waals surface area contributed by atoms with Gasteiger partial charge in [-0.05, 0) is 51.0 Å². The van der Waals surface area contributed by atoms with E-state index in [-0.39, 0.29) is 0 Å². The second kappa shape index (κ2) is 9.96. The average Bonchev–Trinajstić information content (AvgIpc) is 2.40. The minimum absolute atomic E-state index is 0.799. The molecule has 0 bridgehead atoms. The fraction of sp³-hybridized carbons (Fsp3) is 0.625. The molecule has 0 amide bonds. The molecule has 0 aromatic heterocycles. The number of hydrogen-bond acceptors (Lipinski definition) is 3. The van der Waals surface area contributed by atoms with Crippen molar-refractivity contribution in [2.24, 2.45) is 0 Å². The van der Waals surface area contributed by atoms with Gasteiger partial charge in [-0.25, -0.2) is 0 Å². The molecule has 0 heterocycles. The van der Waals surface area contributed by atoms with Crippen LogP contribution in [-0.2, 0) is 11.3 Å². The molecule has 0 unspecified atom stereocenters. The molecule has 1 N–H and O–H groups in total. The van der Waals surface area contributed by atoms with Crippen molar-refractivity contribution in [1.82, 2.24) is 10.2 Å². The summed E-state index contributed by atoms with van der Waals surface area (Å²) in [5.74, 6) is 0. The second-order valence-electron chi connectivity index (χ2n) is 5.11. The van der Waals surface area contributed by atoms with Crippen LogP contribution in [0.1, 0.15) is 24.0 Å². The molecule has 108 valence electrons. The van der Waals surface area contributed by atoms with Crippen LogP contribution in [0, 0.1) is 6.92 Å². The molecule has 0 atom stereocenters. The Balaban J connectivity index is 2.08. The fourth-order valence-corrected chi connectivity index (χ4v) is 2.09. The van der Waals surface area contributed by atoms with Gasteiger partial charge in [-0.2, -0.15) is 0 Å². The van der Waals surface area contributed by atoms with Gasteiger partial charge >= 0.3 is 0 Å². The summed E-state index contributed by atoms with van der Waals surface area (Å²) in [6.45, 7) is 7.22. The number of unbranched alkanes of at least 4 members (excludes halogenated alkanes) is 1. The summed E-state index contributed by atoms with van der Waals surface area (Å²) in [4.78, 5) is 2.40. The SMILES string of the molecule is COCCNCCCCN(C)Cc1ccccc1C. The molecule has 0 aliphatic carbocycles. The highest BCUT2D eigenvalue weighted by atomic mass is 16.5. The van der Waals surface area contributed by atoms with E-state index in [9.17, 15) is 0 Å². The molecule has 0 aliphatic rings. The lowest BCUT2D eigenvalue weighted by Crippen LogP contribution is -2.23. The van der Waals surface area contributed by atoms with E-state index in [0.717, 1.165) is 32.8 Å². The van der Waals surface area contributed by atoms with Crippen molar-refractivity contribution in [1.29, 1.82) is 0 Å². The first-order valence-corrected chi connectivity index (χ1v) is 7.16. The largest absolute Gasteiger partial charge is 0.383 e. The van der Waals surface area contributed by atoms with Crippen molar-refractivity contribution in [2.75, 3.05) is 40.4 Å². The Morgan fingerprint density at radius 2 is 1.95 bits per heavy atom. The Labute approximate surface area is 118 Å². The number of nitrogens with one attached hydrogen (secondary N) is 1. The highest BCUT2D eigenvalue weighted by Gasteiger charge is 2.02. The number of benzene rings is 1. The van der Waals surface area contributed by atoms with Gasteiger partial charge in [0, 0.05) is 20.2 Å². The zero-order valence-electron chi connectivity index (χ0n) is 12.6. The van der Waals surface area contributed by atoms with Gasteiger partial charge in [0.2, 0.25) is 0 Å². The quantitative estimate of drug-likeness (QED) is 0.657. The molecule has 0 saturated carbocycles. The van der Waals surface area contributed by atoms with Crippen LogP contribution < -0.4 is 5.32 Å². The molecule has 0 fully saturated rings. The van der Waals surface area contributed by atoms with Crippen molar-refractivity contribution in [3.8, 4) is 0 Å². The fourth-order valence-electron chi connectivity index (χ4n) is 2.09. The third kappa shape index (κ3) is 7.31. The van der Waals surface area contributed by atoms with Gasteiger partial charge in [-0.3, -0.25) is 0 Å². The first kappa shape index (κ1) is 16.2. The number of aryl methyl sites for hydroxylation is 1. The van der Waals surface area contributed by atoms with E-state index < -0.39 is 0 Å². The first-order chi connectivity index (χ1) is 9.24. The second-order valence-corrected chi connectivity index (χ2v) is 5.11. The lowest BCUT2D eigenvalue weighted by Gasteiger charge is -2.18. The Hall–Kier alpha value is -0.900. The van der Waals surface area contributed by atoms with Gasteiger partial charge in [-0.15, -0.1) is 0 Å². The van der Waals surface area contributed by atoms with E-state index in [4.69, 9.17) is 4.74 Å². The van der Waals surface area contributed by atoms with Crippen molar-refractivity contribution in [3.05, 3.63) is 35.4 Å². The van der Waals surface area contributed by atoms with E-state index in [1.807, 2.05) is 0 Å². The maximum Gasteiger partial charge on any atom is 0.0587 e. The van der Waals surface area contributed by atoms with Crippen LogP contribution in [0.25, 0.3) is 0 Å². The number of rotatable bonds is 10. The zero-order valence-corrected chi connectivity index (χ0v) is 12.6. The number of ether oxygens (including phenoxy) is 1. The Morgan fingerprint density at radius 1 is 1.16 bits per heavy atom. The topological polar surface area (TPSA) is 24.5 Å². The van der Waals surface area contributed by atoms with Crippen LogP contribution in [0.5, 0.6) is 0 Å². The summed E-state index contributed by atoms with van der Waals surface area (Å²) < 4.78 is 4.99. The maximum absolute atomic E-state index is 4.99. The van der Waals surface area contributed by atoms with Crippen molar-refractivity contribution in [2.45, 2.75) is 26.3 Å². The smallest absolute Gasteiger partial charge is 0.0587 e. The minimum Gasteiger partial charge on any atom is -0.383 e. The summed E-state index contributed by atoms with van der Waals surface area (Å²) in [5.41, 5.74) is 2.82. The van der Waals surface area contributed by atoms with Gasteiger partial charge in [0.05, 0.1) is 6.61 Å². The normalized spacial score (nSPS) is 11.2. The molecule has 0 aliphatic heterocycles. The van der Waals surface area contributed by atoms with Crippen LogP contribution >= 0.6 is 0 Å².